The molecule has 0 aliphatic heterocycles. The Kier molecular flexibility index (Phi) is 22.1. The van der Waals surface area contributed by atoms with E-state index in [1.807, 2.05) is 12.2 Å². The van der Waals surface area contributed by atoms with Gasteiger partial charge in [-0.25, -0.2) is 0 Å². The summed E-state index contributed by atoms with van der Waals surface area (Å²) in [5.74, 6) is 0.729. The molecule has 0 radical (unpaired) electrons. The Bertz CT molecular complexity index is 316. The highest BCUT2D eigenvalue weighted by Crippen LogP contribution is 2.10. The Morgan fingerprint density at radius 3 is 2.12 bits per heavy atom. The van der Waals surface area contributed by atoms with E-state index in [9.17, 15) is 0 Å². The predicted molar refractivity (Wildman–Crippen MR) is 109 cm³/mol. The first-order valence-corrected chi connectivity index (χ1v) is 10.6. The molecule has 0 fully saturated rings. The van der Waals surface area contributed by atoms with Crippen LogP contribution in [0.25, 0.3) is 0 Å². The lowest BCUT2D eigenvalue weighted by molar-refractivity contribution is 0.167. The Morgan fingerprint density at radius 1 is 0.750 bits per heavy atom. The van der Waals surface area contributed by atoms with E-state index < -0.39 is 0 Å². The van der Waals surface area contributed by atoms with Crippen LogP contribution in [0, 0.1) is 0 Å². The van der Waals surface area contributed by atoms with Gasteiger partial charge in [-0.3, -0.25) is 0 Å². The maximum Gasteiger partial charge on any atom is 0.0647 e. The third kappa shape index (κ3) is 21.5. The van der Waals surface area contributed by atoms with Crippen molar-refractivity contribution in [3.8, 4) is 0 Å². The Labute approximate surface area is 156 Å². The van der Waals surface area contributed by atoms with Crippen LogP contribution in [-0.2, 0) is 4.74 Å². The van der Waals surface area contributed by atoms with Crippen molar-refractivity contribution in [1.29, 1.82) is 0 Å². The molecule has 0 aliphatic carbocycles. The van der Waals surface area contributed by atoms with Crippen LogP contribution in [0.2, 0.25) is 0 Å². The van der Waals surface area contributed by atoms with Gasteiger partial charge < -0.3 is 4.74 Å². The number of halogens is 1. The smallest absolute Gasteiger partial charge is 0.0647 e. The molecule has 0 aromatic heterocycles. The van der Waals surface area contributed by atoms with Crippen LogP contribution >= 0.6 is 11.6 Å². The lowest BCUT2D eigenvalue weighted by atomic mass is 10.1. The quantitative estimate of drug-likeness (QED) is 0.106. The number of ether oxygens (including phenoxy) is 1. The molecule has 0 heterocycles. The zero-order valence-electron chi connectivity index (χ0n) is 15.9. The first-order valence-electron chi connectivity index (χ1n) is 10.1. The zero-order chi connectivity index (χ0) is 17.6. The second kappa shape index (κ2) is 22.5. The number of unbranched alkanes of at least 4 members (excludes halogenated alkanes) is 10. The van der Waals surface area contributed by atoms with E-state index in [1.165, 1.54) is 64.2 Å². The zero-order valence-corrected chi connectivity index (χ0v) is 16.7. The van der Waals surface area contributed by atoms with E-state index in [1.54, 1.807) is 0 Å². The lowest BCUT2D eigenvalue weighted by Gasteiger charge is -2.00. The van der Waals surface area contributed by atoms with Crippen molar-refractivity contribution in [1.82, 2.24) is 0 Å². The highest BCUT2D eigenvalue weighted by atomic mass is 35.5. The summed E-state index contributed by atoms with van der Waals surface area (Å²) in [7, 11) is 0. The van der Waals surface area contributed by atoms with Gasteiger partial charge in [-0.05, 0) is 44.3 Å². The van der Waals surface area contributed by atoms with E-state index in [-0.39, 0.29) is 0 Å². The van der Waals surface area contributed by atoms with E-state index in [4.69, 9.17) is 16.3 Å². The first kappa shape index (κ1) is 23.5. The second-order valence-corrected chi connectivity index (χ2v) is 6.74. The van der Waals surface area contributed by atoms with Gasteiger partial charge in [0.1, 0.15) is 0 Å². The van der Waals surface area contributed by atoms with Gasteiger partial charge in [0, 0.05) is 5.88 Å². The van der Waals surface area contributed by atoms with E-state index in [0.717, 1.165) is 38.4 Å². The molecular weight excluding hydrogens is 316 g/mol. The molecule has 24 heavy (non-hydrogen) atoms. The van der Waals surface area contributed by atoms with Gasteiger partial charge in [0.05, 0.1) is 13.2 Å². The van der Waals surface area contributed by atoms with Gasteiger partial charge in [-0.1, -0.05) is 70.4 Å². The Hall–Kier alpha value is -0.490. The molecule has 0 rings (SSSR count). The summed E-state index contributed by atoms with van der Waals surface area (Å²) in [6.45, 7) is 3.79. The molecule has 2 heteroatoms. The van der Waals surface area contributed by atoms with Crippen molar-refractivity contribution >= 4 is 11.6 Å². The molecule has 0 atom stereocenters. The summed E-state index contributed by atoms with van der Waals surface area (Å²) < 4.78 is 5.56. The standard InChI is InChI=1S/C22H39ClO/c1-2-3-4-5-6-7-8-9-10-12-15-18-21-24-22-19-16-13-11-14-17-20-23/h11,15-16,18H,2-10,12,14,17,19-22H2,1H3/b18-15-. The van der Waals surface area contributed by atoms with Crippen LogP contribution in [0.5, 0.6) is 0 Å². The summed E-state index contributed by atoms with van der Waals surface area (Å²) in [6.07, 6.45) is 25.3. The second-order valence-electron chi connectivity index (χ2n) is 6.36. The van der Waals surface area contributed by atoms with Gasteiger partial charge in [0.25, 0.3) is 0 Å². The number of hydrogen-bond acceptors (Lipinski definition) is 1. The number of allylic oxidation sites excluding steroid dienone is 1. The molecule has 0 saturated carbocycles. The monoisotopic (exact) mass is 354 g/mol. The average Bonchev–Trinajstić information content (AvgIpc) is 2.60. The van der Waals surface area contributed by atoms with Crippen LogP contribution in [0.15, 0.2) is 30.0 Å². The predicted octanol–water partition coefficient (Wildman–Crippen LogP) is 7.60. The molecular formula is C22H39ClO. The minimum absolute atomic E-state index is 0.729. The van der Waals surface area contributed by atoms with E-state index in [2.05, 4.69) is 24.8 Å². The summed E-state index contributed by atoms with van der Waals surface area (Å²) >= 11 is 5.60. The minimum atomic E-state index is 0.729. The van der Waals surface area contributed by atoms with Crippen molar-refractivity contribution in [2.24, 2.45) is 0 Å². The fraction of sp³-hybridized carbons (Fsp3) is 0.773. The molecule has 0 N–H and O–H groups in total. The lowest BCUT2D eigenvalue weighted by Crippen LogP contribution is -1.92. The fourth-order valence-corrected chi connectivity index (χ4v) is 2.64. The third-order valence-electron chi connectivity index (χ3n) is 3.98. The maximum atomic E-state index is 5.60. The Morgan fingerprint density at radius 2 is 1.42 bits per heavy atom. The maximum absolute atomic E-state index is 5.60. The van der Waals surface area contributed by atoms with Gasteiger partial charge in [0.15, 0.2) is 0 Å². The SMILES string of the molecule is CCCCCCCCCCC/C=C\COCCC=C=CCCCCl. The third-order valence-corrected chi connectivity index (χ3v) is 4.25. The normalized spacial score (nSPS) is 10.9. The molecule has 0 spiro atoms. The largest absolute Gasteiger partial charge is 0.377 e. The van der Waals surface area contributed by atoms with Crippen molar-refractivity contribution < 1.29 is 4.74 Å². The van der Waals surface area contributed by atoms with Crippen LogP contribution in [0.4, 0.5) is 0 Å². The number of alkyl halides is 1. The van der Waals surface area contributed by atoms with Crippen LogP contribution in [-0.4, -0.2) is 19.1 Å². The van der Waals surface area contributed by atoms with Gasteiger partial charge >= 0.3 is 0 Å². The number of rotatable bonds is 18. The van der Waals surface area contributed by atoms with E-state index >= 15 is 0 Å². The van der Waals surface area contributed by atoms with Gasteiger partial charge in [-0.2, -0.15) is 0 Å². The summed E-state index contributed by atoms with van der Waals surface area (Å²) in [5.41, 5.74) is 3.16. The van der Waals surface area contributed by atoms with Crippen molar-refractivity contribution in [3.63, 3.8) is 0 Å². The molecule has 0 unspecified atom stereocenters. The van der Waals surface area contributed by atoms with Gasteiger partial charge in [-0.15, -0.1) is 17.3 Å². The van der Waals surface area contributed by atoms with Crippen LogP contribution in [0.1, 0.15) is 90.4 Å². The molecule has 0 bridgehead atoms. The van der Waals surface area contributed by atoms with Crippen LogP contribution < -0.4 is 0 Å². The van der Waals surface area contributed by atoms with Crippen LogP contribution in [0.3, 0.4) is 0 Å². The van der Waals surface area contributed by atoms with Gasteiger partial charge in [0.2, 0.25) is 0 Å². The van der Waals surface area contributed by atoms with Crippen molar-refractivity contribution in [2.45, 2.75) is 90.4 Å². The first-order chi connectivity index (χ1) is 11.9. The number of hydrogen-bond donors (Lipinski definition) is 0. The Balaban J connectivity index is 3.17. The highest BCUT2D eigenvalue weighted by Gasteiger charge is 1.91. The molecule has 1 nitrogen and oxygen atoms in total. The summed E-state index contributed by atoms with van der Waals surface area (Å²) in [5, 5.41) is 0. The topological polar surface area (TPSA) is 9.23 Å². The highest BCUT2D eigenvalue weighted by molar-refractivity contribution is 6.17. The molecule has 0 amide bonds. The molecule has 0 saturated heterocycles. The minimum Gasteiger partial charge on any atom is -0.377 e. The average molecular weight is 355 g/mol. The van der Waals surface area contributed by atoms with Crippen molar-refractivity contribution in [3.05, 3.63) is 30.0 Å². The molecule has 0 aromatic carbocycles. The van der Waals surface area contributed by atoms with E-state index in [0.29, 0.717) is 0 Å². The summed E-state index contributed by atoms with van der Waals surface area (Å²) in [6, 6.07) is 0. The summed E-state index contributed by atoms with van der Waals surface area (Å²) in [4.78, 5) is 0. The molecule has 140 valence electrons. The fourth-order valence-electron chi connectivity index (χ4n) is 2.48. The van der Waals surface area contributed by atoms with Crippen molar-refractivity contribution in [2.75, 3.05) is 19.1 Å². The molecule has 0 aromatic rings. The molecule has 0 aliphatic rings.